The van der Waals surface area contributed by atoms with E-state index in [4.69, 9.17) is 9.47 Å². The van der Waals surface area contributed by atoms with Gasteiger partial charge >= 0.3 is 0 Å². The molecule has 5 nitrogen and oxygen atoms in total. The van der Waals surface area contributed by atoms with E-state index in [1.165, 1.54) is 18.4 Å². The van der Waals surface area contributed by atoms with Gasteiger partial charge in [-0.3, -0.25) is 4.99 Å². The molecule has 1 fully saturated rings. The van der Waals surface area contributed by atoms with E-state index in [1.807, 2.05) is 19.2 Å². The SMILES string of the molecule is CN=C(NCc1ccc(OCCOC)cc1)N1CCC(CC(C)C)C1. The van der Waals surface area contributed by atoms with Crippen LogP contribution in [-0.2, 0) is 11.3 Å². The van der Waals surface area contributed by atoms with Crippen LogP contribution < -0.4 is 10.1 Å². The van der Waals surface area contributed by atoms with E-state index in [2.05, 4.69) is 41.2 Å². The van der Waals surface area contributed by atoms with Gasteiger partial charge in [-0.05, 0) is 42.4 Å². The Bertz CT molecular complexity index is 528. The van der Waals surface area contributed by atoms with Gasteiger partial charge in [0.15, 0.2) is 5.96 Å². The second-order valence-electron chi connectivity index (χ2n) is 7.12. The number of nitrogens with zero attached hydrogens (tertiary/aromatic N) is 2. The van der Waals surface area contributed by atoms with E-state index < -0.39 is 0 Å². The van der Waals surface area contributed by atoms with E-state index in [0.29, 0.717) is 13.2 Å². The summed E-state index contributed by atoms with van der Waals surface area (Å²) in [6.45, 7) is 8.78. The van der Waals surface area contributed by atoms with Crippen molar-refractivity contribution in [3.05, 3.63) is 29.8 Å². The van der Waals surface area contributed by atoms with Gasteiger partial charge in [0.05, 0.1) is 6.61 Å². The van der Waals surface area contributed by atoms with Crippen LogP contribution in [0.5, 0.6) is 5.75 Å². The molecule has 0 bridgehead atoms. The molecule has 0 spiro atoms. The second kappa shape index (κ2) is 10.3. The van der Waals surface area contributed by atoms with Crippen molar-refractivity contribution in [1.29, 1.82) is 0 Å². The van der Waals surface area contributed by atoms with Gasteiger partial charge in [-0.25, -0.2) is 0 Å². The summed E-state index contributed by atoms with van der Waals surface area (Å²) < 4.78 is 10.6. The average molecular weight is 348 g/mol. The minimum atomic E-state index is 0.577. The number of nitrogens with one attached hydrogen (secondary N) is 1. The second-order valence-corrected chi connectivity index (χ2v) is 7.12. The van der Waals surface area contributed by atoms with Gasteiger partial charge in [-0.1, -0.05) is 26.0 Å². The highest BCUT2D eigenvalue weighted by Gasteiger charge is 2.25. The molecule has 0 aromatic heterocycles. The maximum atomic E-state index is 5.60. The number of benzene rings is 1. The van der Waals surface area contributed by atoms with Crippen LogP contribution in [0.15, 0.2) is 29.3 Å². The molecule has 25 heavy (non-hydrogen) atoms. The summed E-state index contributed by atoms with van der Waals surface area (Å²) in [6.07, 6.45) is 2.57. The lowest BCUT2D eigenvalue weighted by Gasteiger charge is -2.22. The van der Waals surface area contributed by atoms with Crippen LogP contribution in [0.1, 0.15) is 32.3 Å². The van der Waals surface area contributed by atoms with Crippen LogP contribution in [0.25, 0.3) is 0 Å². The zero-order chi connectivity index (χ0) is 18.1. The van der Waals surface area contributed by atoms with Crippen molar-refractivity contribution in [3.63, 3.8) is 0 Å². The van der Waals surface area contributed by atoms with E-state index >= 15 is 0 Å². The largest absolute Gasteiger partial charge is 0.491 e. The first-order valence-electron chi connectivity index (χ1n) is 9.28. The maximum Gasteiger partial charge on any atom is 0.193 e. The Hall–Kier alpha value is -1.75. The molecule has 1 saturated heterocycles. The minimum Gasteiger partial charge on any atom is -0.491 e. The first-order valence-corrected chi connectivity index (χ1v) is 9.28. The molecule has 1 atom stereocenters. The zero-order valence-electron chi connectivity index (χ0n) is 16.1. The van der Waals surface area contributed by atoms with Gasteiger partial charge in [0.25, 0.3) is 0 Å². The molecule has 0 saturated carbocycles. The van der Waals surface area contributed by atoms with E-state index in [-0.39, 0.29) is 0 Å². The van der Waals surface area contributed by atoms with Crippen LogP contribution in [0.2, 0.25) is 0 Å². The molecule has 1 aromatic carbocycles. The molecule has 0 radical (unpaired) electrons. The van der Waals surface area contributed by atoms with Crippen LogP contribution in [0.3, 0.4) is 0 Å². The fraction of sp³-hybridized carbons (Fsp3) is 0.650. The summed E-state index contributed by atoms with van der Waals surface area (Å²) >= 11 is 0. The van der Waals surface area contributed by atoms with Gasteiger partial charge in [-0.15, -0.1) is 0 Å². The van der Waals surface area contributed by atoms with Crippen LogP contribution >= 0.6 is 0 Å². The van der Waals surface area contributed by atoms with Gasteiger partial charge in [0.2, 0.25) is 0 Å². The summed E-state index contributed by atoms with van der Waals surface area (Å²) in [6, 6.07) is 8.19. The van der Waals surface area contributed by atoms with Crippen molar-refractivity contribution in [2.24, 2.45) is 16.8 Å². The fourth-order valence-electron chi connectivity index (χ4n) is 3.34. The molecule has 1 aliphatic rings. The first-order chi connectivity index (χ1) is 12.1. The summed E-state index contributed by atoms with van der Waals surface area (Å²) in [5.41, 5.74) is 1.22. The Kier molecular flexibility index (Phi) is 8.06. The molecule has 0 aliphatic carbocycles. The number of ether oxygens (including phenoxy) is 2. The highest BCUT2D eigenvalue weighted by Crippen LogP contribution is 2.23. The number of likely N-dealkylation sites (tertiary alicyclic amines) is 1. The highest BCUT2D eigenvalue weighted by molar-refractivity contribution is 5.80. The van der Waals surface area contributed by atoms with Crippen molar-refractivity contribution in [2.75, 3.05) is 40.5 Å². The predicted molar refractivity (Wildman–Crippen MR) is 103 cm³/mol. The van der Waals surface area contributed by atoms with E-state index in [9.17, 15) is 0 Å². The van der Waals surface area contributed by atoms with Crippen molar-refractivity contribution in [2.45, 2.75) is 33.2 Å². The molecule has 5 heteroatoms. The molecule has 1 heterocycles. The standard InChI is InChI=1S/C20H33N3O2/c1-16(2)13-18-9-10-23(15-18)20(21-3)22-14-17-5-7-19(8-6-17)25-12-11-24-4/h5-8,16,18H,9-15H2,1-4H3,(H,21,22). The van der Waals surface area contributed by atoms with Crippen molar-refractivity contribution in [3.8, 4) is 5.75 Å². The third-order valence-corrected chi connectivity index (χ3v) is 4.53. The number of methoxy groups -OCH3 is 1. The third-order valence-electron chi connectivity index (χ3n) is 4.53. The summed E-state index contributed by atoms with van der Waals surface area (Å²) in [4.78, 5) is 6.84. The zero-order valence-corrected chi connectivity index (χ0v) is 16.1. The van der Waals surface area contributed by atoms with Gasteiger partial charge < -0.3 is 19.7 Å². The van der Waals surface area contributed by atoms with Crippen LogP contribution in [0.4, 0.5) is 0 Å². The quantitative estimate of drug-likeness (QED) is 0.446. The Morgan fingerprint density at radius 2 is 2.04 bits per heavy atom. The number of aliphatic imine (C=N–C) groups is 1. The Morgan fingerprint density at radius 1 is 1.28 bits per heavy atom. The molecule has 1 unspecified atom stereocenters. The summed E-state index contributed by atoms with van der Waals surface area (Å²) in [5.74, 6) is 3.44. The number of hydrogen-bond acceptors (Lipinski definition) is 3. The van der Waals surface area contributed by atoms with Gasteiger partial charge in [0, 0.05) is 33.8 Å². The topological polar surface area (TPSA) is 46.1 Å². The Morgan fingerprint density at radius 3 is 2.68 bits per heavy atom. The third kappa shape index (κ3) is 6.58. The minimum absolute atomic E-state index is 0.577. The predicted octanol–water partition coefficient (Wildman–Crippen LogP) is 3.16. The molecular formula is C20H33N3O2. The normalized spacial score (nSPS) is 18.0. The summed E-state index contributed by atoms with van der Waals surface area (Å²) in [7, 11) is 3.54. The highest BCUT2D eigenvalue weighted by atomic mass is 16.5. The molecule has 1 N–H and O–H groups in total. The summed E-state index contributed by atoms with van der Waals surface area (Å²) in [5, 5.41) is 3.49. The number of rotatable bonds is 8. The van der Waals surface area contributed by atoms with Gasteiger partial charge in [0.1, 0.15) is 12.4 Å². The first kappa shape index (κ1) is 19.6. The lowest BCUT2D eigenvalue weighted by molar-refractivity contribution is 0.146. The smallest absolute Gasteiger partial charge is 0.193 e. The molecular weight excluding hydrogens is 314 g/mol. The monoisotopic (exact) mass is 347 g/mol. The van der Waals surface area contributed by atoms with E-state index in [1.54, 1.807) is 7.11 Å². The van der Waals surface area contributed by atoms with Crippen molar-refractivity contribution >= 4 is 5.96 Å². The molecule has 1 aliphatic heterocycles. The maximum absolute atomic E-state index is 5.60. The Balaban J connectivity index is 1.79. The van der Waals surface area contributed by atoms with Crippen molar-refractivity contribution in [1.82, 2.24) is 10.2 Å². The lowest BCUT2D eigenvalue weighted by atomic mass is 9.97. The van der Waals surface area contributed by atoms with Crippen LogP contribution in [-0.4, -0.2) is 51.3 Å². The molecule has 0 amide bonds. The Labute approximate surface area is 152 Å². The number of guanidine groups is 1. The van der Waals surface area contributed by atoms with Crippen LogP contribution in [0, 0.1) is 11.8 Å². The molecule has 1 aromatic rings. The van der Waals surface area contributed by atoms with Crippen molar-refractivity contribution < 1.29 is 9.47 Å². The average Bonchev–Trinajstić information content (AvgIpc) is 3.04. The molecule has 2 rings (SSSR count). The molecule has 140 valence electrons. The van der Waals surface area contributed by atoms with E-state index in [0.717, 1.165) is 43.2 Å². The lowest BCUT2D eigenvalue weighted by Crippen LogP contribution is -2.39. The number of hydrogen-bond donors (Lipinski definition) is 1. The fourth-order valence-corrected chi connectivity index (χ4v) is 3.34. The van der Waals surface area contributed by atoms with Gasteiger partial charge in [-0.2, -0.15) is 0 Å².